The van der Waals surface area contributed by atoms with E-state index in [2.05, 4.69) is 18.7 Å². The molecule has 0 aliphatic heterocycles. The van der Waals surface area contributed by atoms with Crippen molar-refractivity contribution in [1.82, 2.24) is 4.90 Å². The van der Waals surface area contributed by atoms with Crippen LogP contribution in [0.5, 0.6) is 0 Å². The minimum absolute atomic E-state index is 0.351. The molecule has 0 radical (unpaired) electrons. The lowest BCUT2D eigenvalue weighted by molar-refractivity contribution is -0.135. The lowest BCUT2D eigenvalue weighted by Crippen LogP contribution is -2.36. The first-order valence-electron chi connectivity index (χ1n) is 12.1. The zero-order valence-corrected chi connectivity index (χ0v) is 18.1. The molecule has 1 aliphatic carbocycles. The molecule has 0 unspecified atom stereocenters. The van der Waals surface area contributed by atoms with Gasteiger partial charge in [0.2, 0.25) is 5.91 Å². The summed E-state index contributed by atoms with van der Waals surface area (Å²) >= 11 is 0. The van der Waals surface area contributed by atoms with Gasteiger partial charge in [-0.2, -0.15) is 0 Å². The highest BCUT2D eigenvalue weighted by atomic mass is 16.2. The second-order valence-electron chi connectivity index (χ2n) is 8.55. The largest absolute Gasteiger partial charge is 0.342 e. The molecule has 2 heteroatoms. The summed E-state index contributed by atoms with van der Waals surface area (Å²) in [6.07, 6.45) is 23.8. The van der Waals surface area contributed by atoms with Crippen molar-refractivity contribution in [2.75, 3.05) is 13.1 Å². The third-order valence-electron chi connectivity index (χ3n) is 6.08. The molecule has 1 aliphatic rings. The average Bonchev–Trinajstić information content (AvgIpc) is 3.19. The molecule has 0 saturated heterocycles. The number of amides is 1. The van der Waals surface area contributed by atoms with Crippen molar-refractivity contribution < 1.29 is 4.79 Å². The van der Waals surface area contributed by atoms with Gasteiger partial charge in [-0.3, -0.25) is 4.79 Å². The predicted octanol–water partition coefficient (Wildman–Crippen LogP) is 7.51. The Morgan fingerprint density at radius 3 is 1.58 bits per heavy atom. The number of hydrogen-bond donors (Lipinski definition) is 0. The topological polar surface area (TPSA) is 20.3 Å². The Kier molecular flexibility index (Phi) is 15.0. The number of hydrogen-bond acceptors (Lipinski definition) is 1. The van der Waals surface area contributed by atoms with Crippen LogP contribution < -0.4 is 0 Å². The maximum atomic E-state index is 12.7. The van der Waals surface area contributed by atoms with Gasteiger partial charge in [0.25, 0.3) is 0 Å². The molecule has 1 amide bonds. The molecule has 1 rings (SSSR count). The molecule has 0 atom stereocenters. The molecule has 0 aromatic heterocycles. The van der Waals surface area contributed by atoms with Crippen LogP contribution in [0.3, 0.4) is 0 Å². The minimum Gasteiger partial charge on any atom is -0.342 e. The molecule has 0 N–H and O–H groups in total. The molecule has 26 heavy (non-hydrogen) atoms. The zero-order chi connectivity index (χ0) is 18.9. The number of carbonyl (C=O) groups excluding carboxylic acids is 1. The van der Waals surface area contributed by atoms with E-state index in [4.69, 9.17) is 0 Å². The SMILES string of the molecule is CCCCCCCCCCCCCCN(CCCC)C(=O)C1CCCC1. The van der Waals surface area contributed by atoms with Crippen molar-refractivity contribution in [3.63, 3.8) is 0 Å². The Labute approximate surface area is 164 Å². The summed E-state index contributed by atoms with van der Waals surface area (Å²) in [6, 6.07) is 0. The van der Waals surface area contributed by atoms with Crippen LogP contribution in [-0.2, 0) is 4.79 Å². The third-order valence-corrected chi connectivity index (χ3v) is 6.08. The van der Waals surface area contributed by atoms with Crippen LogP contribution in [0.15, 0.2) is 0 Å². The Hall–Kier alpha value is -0.530. The highest BCUT2D eigenvalue weighted by Crippen LogP contribution is 2.27. The van der Waals surface area contributed by atoms with Gasteiger partial charge in [-0.1, -0.05) is 104 Å². The van der Waals surface area contributed by atoms with E-state index in [1.54, 1.807) is 0 Å². The summed E-state index contributed by atoms with van der Waals surface area (Å²) < 4.78 is 0. The average molecular weight is 366 g/mol. The third kappa shape index (κ3) is 11.2. The number of carbonyl (C=O) groups is 1. The molecular weight excluding hydrogens is 318 g/mol. The molecule has 154 valence electrons. The van der Waals surface area contributed by atoms with Gasteiger partial charge in [-0.05, 0) is 25.7 Å². The van der Waals surface area contributed by atoms with E-state index in [0.717, 1.165) is 32.4 Å². The maximum absolute atomic E-state index is 12.7. The van der Waals surface area contributed by atoms with E-state index >= 15 is 0 Å². The van der Waals surface area contributed by atoms with Crippen LogP contribution >= 0.6 is 0 Å². The lowest BCUT2D eigenvalue weighted by atomic mass is 10.0. The molecule has 0 aromatic rings. The highest BCUT2D eigenvalue weighted by Gasteiger charge is 2.26. The highest BCUT2D eigenvalue weighted by molar-refractivity contribution is 5.79. The second-order valence-corrected chi connectivity index (χ2v) is 8.55. The van der Waals surface area contributed by atoms with E-state index in [1.807, 2.05) is 0 Å². The van der Waals surface area contributed by atoms with Crippen LogP contribution in [0.4, 0.5) is 0 Å². The lowest BCUT2D eigenvalue weighted by Gasteiger charge is -2.25. The molecule has 0 aromatic carbocycles. The van der Waals surface area contributed by atoms with Crippen molar-refractivity contribution >= 4 is 5.91 Å². The van der Waals surface area contributed by atoms with Gasteiger partial charge >= 0.3 is 0 Å². The van der Waals surface area contributed by atoms with Gasteiger partial charge in [0.15, 0.2) is 0 Å². The smallest absolute Gasteiger partial charge is 0.225 e. The first-order valence-corrected chi connectivity index (χ1v) is 12.1. The Morgan fingerprint density at radius 2 is 1.08 bits per heavy atom. The van der Waals surface area contributed by atoms with Crippen molar-refractivity contribution in [2.45, 2.75) is 129 Å². The molecule has 0 spiro atoms. The fraction of sp³-hybridized carbons (Fsp3) is 0.958. The van der Waals surface area contributed by atoms with Crippen molar-refractivity contribution in [3.05, 3.63) is 0 Å². The summed E-state index contributed by atoms with van der Waals surface area (Å²) in [5, 5.41) is 0. The normalized spacial score (nSPS) is 14.8. The quantitative estimate of drug-likeness (QED) is 0.244. The molecule has 1 saturated carbocycles. The monoisotopic (exact) mass is 365 g/mol. The van der Waals surface area contributed by atoms with Gasteiger partial charge in [0.05, 0.1) is 0 Å². The number of unbranched alkanes of at least 4 members (excludes halogenated alkanes) is 12. The fourth-order valence-corrected chi connectivity index (χ4v) is 4.26. The minimum atomic E-state index is 0.351. The maximum Gasteiger partial charge on any atom is 0.225 e. The molecule has 0 bridgehead atoms. The van der Waals surface area contributed by atoms with Crippen molar-refractivity contribution in [3.8, 4) is 0 Å². The molecule has 2 nitrogen and oxygen atoms in total. The van der Waals surface area contributed by atoms with Crippen LogP contribution in [0, 0.1) is 5.92 Å². The summed E-state index contributed by atoms with van der Waals surface area (Å²) in [4.78, 5) is 14.9. The summed E-state index contributed by atoms with van der Waals surface area (Å²) in [6.45, 7) is 6.51. The zero-order valence-electron chi connectivity index (χ0n) is 18.1. The standard InChI is InChI=1S/C24H47NO/c1-3-5-7-8-9-10-11-12-13-14-15-18-22-25(21-6-4-2)24(26)23-19-16-17-20-23/h23H,3-22H2,1-2H3. The van der Waals surface area contributed by atoms with E-state index < -0.39 is 0 Å². The van der Waals surface area contributed by atoms with Gasteiger partial charge in [-0.15, -0.1) is 0 Å². The van der Waals surface area contributed by atoms with E-state index in [9.17, 15) is 4.79 Å². The molecule has 0 heterocycles. The first kappa shape index (κ1) is 23.5. The molecular formula is C24H47NO. The molecule has 1 fully saturated rings. The van der Waals surface area contributed by atoms with E-state index in [-0.39, 0.29) is 0 Å². The van der Waals surface area contributed by atoms with Crippen LogP contribution in [-0.4, -0.2) is 23.9 Å². The fourth-order valence-electron chi connectivity index (χ4n) is 4.26. The first-order chi connectivity index (χ1) is 12.8. The van der Waals surface area contributed by atoms with Gasteiger partial charge < -0.3 is 4.90 Å². The van der Waals surface area contributed by atoms with Crippen LogP contribution in [0.1, 0.15) is 129 Å². The van der Waals surface area contributed by atoms with Gasteiger partial charge in [0.1, 0.15) is 0 Å². The Bertz CT molecular complexity index is 322. The Balaban J connectivity index is 2.01. The number of rotatable bonds is 17. The van der Waals surface area contributed by atoms with Gasteiger partial charge in [0, 0.05) is 19.0 Å². The summed E-state index contributed by atoms with van der Waals surface area (Å²) in [7, 11) is 0. The Morgan fingerprint density at radius 1 is 0.654 bits per heavy atom. The van der Waals surface area contributed by atoms with Crippen molar-refractivity contribution in [1.29, 1.82) is 0 Å². The van der Waals surface area contributed by atoms with E-state index in [1.165, 1.54) is 96.3 Å². The van der Waals surface area contributed by atoms with E-state index in [0.29, 0.717) is 11.8 Å². The predicted molar refractivity (Wildman–Crippen MR) is 115 cm³/mol. The van der Waals surface area contributed by atoms with Gasteiger partial charge in [-0.25, -0.2) is 0 Å². The second kappa shape index (κ2) is 16.6. The number of nitrogens with zero attached hydrogens (tertiary/aromatic N) is 1. The summed E-state index contributed by atoms with van der Waals surface area (Å²) in [5.41, 5.74) is 0. The summed E-state index contributed by atoms with van der Waals surface area (Å²) in [5.74, 6) is 0.822. The van der Waals surface area contributed by atoms with Crippen LogP contribution in [0.2, 0.25) is 0 Å². The van der Waals surface area contributed by atoms with Crippen molar-refractivity contribution in [2.24, 2.45) is 5.92 Å². The van der Waals surface area contributed by atoms with Crippen LogP contribution in [0.25, 0.3) is 0 Å².